The Morgan fingerprint density at radius 2 is 1.90 bits per heavy atom. The van der Waals surface area contributed by atoms with Gasteiger partial charge in [-0.25, -0.2) is 0 Å². The fourth-order valence-corrected chi connectivity index (χ4v) is 2.71. The van der Waals surface area contributed by atoms with Crippen LogP contribution in [-0.4, -0.2) is 42.8 Å². The van der Waals surface area contributed by atoms with E-state index < -0.39 is 5.91 Å². The molecule has 10 heteroatoms. The third kappa shape index (κ3) is 5.95. The smallest absolute Gasteiger partial charge is 0.255 e. The van der Waals surface area contributed by atoms with Crippen molar-refractivity contribution in [2.45, 2.75) is 12.8 Å². The van der Waals surface area contributed by atoms with Crippen molar-refractivity contribution >= 4 is 17.5 Å². The minimum absolute atomic E-state index is 0.139. The van der Waals surface area contributed by atoms with Gasteiger partial charge in [0.25, 0.3) is 5.91 Å². The lowest BCUT2D eigenvalue weighted by Crippen LogP contribution is -2.20. The standard InChI is InChI=1S/C21H22N4O6/c1-28-16-7-6-13(10-17(16)29-2)21-24-20(31-25-21)9-8-19(27)23-14-4-3-5-15(11-14)30-12-18(22)26/h3-7,10-11H,8-9,12H2,1-2H3,(H2,22,26)(H,23,27). The maximum absolute atomic E-state index is 12.2. The van der Waals surface area contributed by atoms with Gasteiger partial charge >= 0.3 is 0 Å². The zero-order valence-electron chi connectivity index (χ0n) is 17.1. The van der Waals surface area contributed by atoms with Crippen LogP contribution in [0.15, 0.2) is 47.0 Å². The van der Waals surface area contributed by atoms with Crippen molar-refractivity contribution < 1.29 is 28.3 Å². The summed E-state index contributed by atoms with van der Waals surface area (Å²) in [5.74, 6) is 1.46. The summed E-state index contributed by atoms with van der Waals surface area (Å²) in [7, 11) is 3.10. The number of aryl methyl sites for hydroxylation is 1. The first kappa shape index (κ1) is 21.6. The number of nitrogens with two attached hydrogens (primary N) is 1. The molecule has 0 spiro atoms. The number of hydrogen-bond donors (Lipinski definition) is 2. The van der Waals surface area contributed by atoms with Gasteiger partial charge < -0.3 is 29.8 Å². The average molecular weight is 426 g/mol. The van der Waals surface area contributed by atoms with Crippen LogP contribution in [0.5, 0.6) is 17.2 Å². The molecule has 0 saturated heterocycles. The third-order valence-corrected chi connectivity index (χ3v) is 4.17. The monoisotopic (exact) mass is 426 g/mol. The minimum atomic E-state index is -0.582. The highest BCUT2D eigenvalue weighted by Crippen LogP contribution is 2.31. The second kappa shape index (κ2) is 10.1. The number of ether oxygens (including phenoxy) is 3. The maximum atomic E-state index is 12.2. The topological polar surface area (TPSA) is 139 Å². The van der Waals surface area contributed by atoms with Crippen LogP contribution in [0, 0.1) is 0 Å². The van der Waals surface area contributed by atoms with Gasteiger partial charge in [-0.2, -0.15) is 4.98 Å². The summed E-state index contributed by atoms with van der Waals surface area (Å²) in [5.41, 5.74) is 6.28. The van der Waals surface area contributed by atoms with E-state index in [1.807, 2.05) is 0 Å². The van der Waals surface area contributed by atoms with Crippen molar-refractivity contribution in [2.24, 2.45) is 5.73 Å². The number of methoxy groups -OCH3 is 2. The third-order valence-electron chi connectivity index (χ3n) is 4.17. The highest BCUT2D eigenvalue weighted by Gasteiger charge is 2.13. The molecule has 2 aromatic carbocycles. The molecule has 0 saturated carbocycles. The van der Waals surface area contributed by atoms with Gasteiger partial charge in [0.05, 0.1) is 14.2 Å². The number of anilines is 1. The molecule has 0 radical (unpaired) electrons. The summed E-state index contributed by atoms with van der Waals surface area (Å²) in [5, 5.41) is 6.71. The normalized spacial score (nSPS) is 10.4. The summed E-state index contributed by atoms with van der Waals surface area (Å²) in [4.78, 5) is 27.4. The van der Waals surface area contributed by atoms with Crippen molar-refractivity contribution in [2.75, 3.05) is 26.1 Å². The van der Waals surface area contributed by atoms with E-state index in [2.05, 4.69) is 15.5 Å². The van der Waals surface area contributed by atoms with Crippen molar-refractivity contribution in [1.82, 2.24) is 10.1 Å². The Morgan fingerprint density at radius 3 is 2.65 bits per heavy atom. The Balaban J connectivity index is 1.56. The van der Waals surface area contributed by atoms with Crippen molar-refractivity contribution in [1.29, 1.82) is 0 Å². The summed E-state index contributed by atoms with van der Waals surface area (Å²) < 4.78 is 21.0. The lowest BCUT2D eigenvalue weighted by atomic mass is 10.2. The molecule has 10 nitrogen and oxygen atoms in total. The second-order valence-corrected chi connectivity index (χ2v) is 6.41. The summed E-state index contributed by atoms with van der Waals surface area (Å²) >= 11 is 0. The minimum Gasteiger partial charge on any atom is -0.493 e. The van der Waals surface area contributed by atoms with Crippen LogP contribution in [0.4, 0.5) is 5.69 Å². The first-order chi connectivity index (χ1) is 15.0. The molecule has 0 atom stereocenters. The summed E-state index contributed by atoms with van der Waals surface area (Å²) in [6.07, 6.45) is 0.407. The molecule has 0 aliphatic carbocycles. The number of rotatable bonds is 10. The van der Waals surface area contributed by atoms with Gasteiger partial charge in [-0.3, -0.25) is 9.59 Å². The van der Waals surface area contributed by atoms with Crippen LogP contribution < -0.4 is 25.3 Å². The average Bonchev–Trinajstić information content (AvgIpc) is 3.25. The van der Waals surface area contributed by atoms with Crippen LogP contribution in [0.1, 0.15) is 12.3 Å². The predicted molar refractivity (Wildman–Crippen MR) is 111 cm³/mol. The van der Waals surface area contributed by atoms with Gasteiger partial charge in [-0.1, -0.05) is 11.2 Å². The zero-order valence-corrected chi connectivity index (χ0v) is 17.1. The zero-order chi connectivity index (χ0) is 22.2. The fraction of sp³-hybridized carbons (Fsp3) is 0.238. The number of hydrogen-bond acceptors (Lipinski definition) is 8. The van der Waals surface area contributed by atoms with Gasteiger partial charge in [-0.05, 0) is 30.3 Å². The Morgan fingerprint density at radius 1 is 1.10 bits per heavy atom. The molecule has 0 bridgehead atoms. The maximum Gasteiger partial charge on any atom is 0.255 e. The molecule has 1 aromatic heterocycles. The summed E-state index contributed by atoms with van der Waals surface area (Å²) in [6.45, 7) is -0.239. The number of benzene rings is 2. The molecule has 0 aliphatic heterocycles. The van der Waals surface area contributed by atoms with Gasteiger partial charge in [0, 0.05) is 30.2 Å². The number of nitrogens with zero attached hydrogens (tertiary/aromatic N) is 2. The van der Waals surface area contributed by atoms with Crippen molar-refractivity contribution in [3.63, 3.8) is 0 Å². The van der Waals surface area contributed by atoms with Crippen molar-refractivity contribution in [3.8, 4) is 28.6 Å². The number of aromatic nitrogens is 2. The van der Waals surface area contributed by atoms with E-state index in [-0.39, 0.29) is 25.4 Å². The van der Waals surface area contributed by atoms with E-state index in [9.17, 15) is 9.59 Å². The van der Waals surface area contributed by atoms with Crippen LogP contribution in [-0.2, 0) is 16.0 Å². The van der Waals surface area contributed by atoms with E-state index in [1.165, 1.54) is 0 Å². The lowest BCUT2D eigenvalue weighted by Gasteiger charge is -2.08. The van der Waals surface area contributed by atoms with Crippen LogP contribution >= 0.6 is 0 Å². The van der Waals surface area contributed by atoms with E-state index in [0.29, 0.717) is 40.2 Å². The number of carbonyl (C=O) groups is 2. The number of primary amides is 1. The predicted octanol–water partition coefficient (Wildman–Crippen LogP) is 2.19. The molecular formula is C21H22N4O6. The SMILES string of the molecule is COc1ccc(-c2noc(CCC(=O)Nc3cccc(OCC(N)=O)c3)n2)cc1OC. The molecule has 0 unspecified atom stereocenters. The largest absolute Gasteiger partial charge is 0.493 e. The van der Waals surface area contributed by atoms with Gasteiger partial charge in [0.2, 0.25) is 17.6 Å². The van der Waals surface area contributed by atoms with E-state index in [1.54, 1.807) is 56.7 Å². The molecular weight excluding hydrogens is 404 g/mol. The van der Waals surface area contributed by atoms with Crippen LogP contribution in [0.3, 0.4) is 0 Å². The van der Waals surface area contributed by atoms with Crippen LogP contribution in [0.25, 0.3) is 11.4 Å². The molecule has 0 fully saturated rings. The number of amides is 2. The van der Waals surface area contributed by atoms with Gasteiger partial charge in [-0.15, -0.1) is 0 Å². The van der Waals surface area contributed by atoms with E-state index in [0.717, 1.165) is 0 Å². The first-order valence-electron chi connectivity index (χ1n) is 9.34. The highest BCUT2D eigenvalue weighted by atomic mass is 16.5. The van der Waals surface area contributed by atoms with Crippen LogP contribution in [0.2, 0.25) is 0 Å². The molecule has 2 amide bonds. The quantitative estimate of drug-likeness (QED) is 0.503. The molecule has 31 heavy (non-hydrogen) atoms. The molecule has 162 valence electrons. The summed E-state index contributed by atoms with van der Waals surface area (Å²) in [6, 6.07) is 11.9. The Hall–Kier alpha value is -4.08. The van der Waals surface area contributed by atoms with E-state index in [4.69, 9.17) is 24.5 Å². The molecule has 3 N–H and O–H groups in total. The highest BCUT2D eigenvalue weighted by molar-refractivity contribution is 5.91. The first-order valence-corrected chi connectivity index (χ1v) is 9.34. The van der Waals surface area contributed by atoms with Crippen molar-refractivity contribution in [3.05, 3.63) is 48.4 Å². The molecule has 0 aliphatic rings. The molecule has 3 rings (SSSR count). The lowest BCUT2D eigenvalue weighted by molar-refractivity contribution is -0.120. The number of carbonyl (C=O) groups excluding carboxylic acids is 2. The van der Waals surface area contributed by atoms with Gasteiger partial charge in [0.1, 0.15) is 5.75 Å². The fourth-order valence-electron chi connectivity index (χ4n) is 2.71. The second-order valence-electron chi connectivity index (χ2n) is 6.41. The Labute approximate surface area is 178 Å². The molecule has 1 heterocycles. The number of nitrogens with one attached hydrogen (secondary N) is 1. The molecule has 3 aromatic rings. The van der Waals surface area contributed by atoms with Gasteiger partial charge in [0.15, 0.2) is 18.1 Å². The Bertz CT molecular complexity index is 1070. The Kier molecular flexibility index (Phi) is 7.05. The van der Waals surface area contributed by atoms with E-state index >= 15 is 0 Å².